The summed E-state index contributed by atoms with van der Waals surface area (Å²) < 4.78 is 23.3. The minimum Gasteiger partial charge on any atom is -0.491 e. The Hall–Kier alpha value is -2.22. The second-order valence-corrected chi connectivity index (χ2v) is 9.58. The molecule has 31 heavy (non-hydrogen) atoms. The Kier molecular flexibility index (Phi) is 6.74. The number of thioether (sulfide) groups is 1. The van der Waals surface area contributed by atoms with Crippen LogP contribution in [0.1, 0.15) is 32.6 Å². The van der Waals surface area contributed by atoms with Crippen molar-refractivity contribution in [2.45, 2.75) is 39.3 Å². The Morgan fingerprint density at radius 2 is 1.65 bits per heavy atom. The molecule has 2 aliphatic heterocycles. The van der Waals surface area contributed by atoms with Crippen molar-refractivity contribution in [1.29, 1.82) is 0 Å². The van der Waals surface area contributed by atoms with Crippen molar-refractivity contribution >= 4 is 23.4 Å². The van der Waals surface area contributed by atoms with Crippen LogP contribution in [0.3, 0.4) is 0 Å². The molecule has 1 amide bonds. The standard InChI is InChI=1S/C24H29NO5S/c1-16(2)29-19-10-6-18(7-11-19)25-23(26)24(3)14-27-22(28-15-24)17-4-8-20(9-5-17)30-21-12-31-13-21/h4-11,16,21-22H,12-15H2,1-3H3,(H,25,26). The van der Waals surface area contributed by atoms with Gasteiger partial charge in [-0.2, -0.15) is 11.8 Å². The molecule has 0 aliphatic carbocycles. The van der Waals surface area contributed by atoms with Gasteiger partial charge in [0.05, 0.1) is 24.7 Å². The molecule has 166 valence electrons. The van der Waals surface area contributed by atoms with Crippen molar-refractivity contribution < 1.29 is 23.7 Å². The van der Waals surface area contributed by atoms with Crippen LogP contribution in [0.5, 0.6) is 11.5 Å². The van der Waals surface area contributed by atoms with E-state index in [1.165, 1.54) is 0 Å². The van der Waals surface area contributed by atoms with Crippen LogP contribution in [0.4, 0.5) is 5.69 Å². The van der Waals surface area contributed by atoms with Gasteiger partial charge >= 0.3 is 0 Å². The van der Waals surface area contributed by atoms with E-state index in [4.69, 9.17) is 18.9 Å². The molecule has 6 nitrogen and oxygen atoms in total. The molecule has 0 bridgehead atoms. The lowest BCUT2D eigenvalue weighted by Gasteiger charge is -2.36. The number of hydrogen-bond acceptors (Lipinski definition) is 6. The maximum Gasteiger partial charge on any atom is 0.234 e. The lowest BCUT2D eigenvalue weighted by Crippen LogP contribution is -2.45. The highest BCUT2D eigenvalue weighted by atomic mass is 32.2. The zero-order chi connectivity index (χ0) is 21.8. The molecule has 0 unspecified atom stereocenters. The first-order valence-corrected chi connectivity index (χ1v) is 11.7. The second-order valence-electron chi connectivity index (χ2n) is 8.51. The summed E-state index contributed by atoms with van der Waals surface area (Å²) in [5.41, 5.74) is 0.859. The Morgan fingerprint density at radius 1 is 1.03 bits per heavy atom. The van der Waals surface area contributed by atoms with Crippen LogP contribution in [0.2, 0.25) is 0 Å². The Bertz CT molecular complexity index is 872. The zero-order valence-corrected chi connectivity index (χ0v) is 18.9. The van der Waals surface area contributed by atoms with Crippen molar-refractivity contribution in [3.63, 3.8) is 0 Å². The highest BCUT2D eigenvalue weighted by molar-refractivity contribution is 8.00. The van der Waals surface area contributed by atoms with Crippen LogP contribution < -0.4 is 14.8 Å². The van der Waals surface area contributed by atoms with E-state index in [9.17, 15) is 4.79 Å². The van der Waals surface area contributed by atoms with Gasteiger partial charge in [0.15, 0.2) is 6.29 Å². The summed E-state index contributed by atoms with van der Waals surface area (Å²) in [5.74, 6) is 3.60. The van der Waals surface area contributed by atoms with Crippen LogP contribution in [-0.2, 0) is 14.3 Å². The molecular formula is C24H29NO5S. The number of amides is 1. The van der Waals surface area contributed by atoms with Crippen LogP contribution >= 0.6 is 11.8 Å². The molecule has 2 fully saturated rings. The van der Waals surface area contributed by atoms with Crippen LogP contribution in [-0.4, -0.2) is 42.8 Å². The van der Waals surface area contributed by atoms with Gasteiger partial charge in [0, 0.05) is 22.8 Å². The normalized spacial score (nSPS) is 23.8. The van der Waals surface area contributed by atoms with Gasteiger partial charge in [-0.05, 0) is 57.2 Å². The van der Waals surface area contributed by atoms with Crippen molar-refractivity contribution in [2.75, 3.05) is 30.0 Å². The van der Waals surface area contributed by atoms with Crippen LogP contribution in [0.15, 0.2) is 48.5 Å². The van der Waals surface area contributed by atoms with E-state index in [1.54, 1.807) is 0 Å². The van der Waals surface area contributed by atoms with E-state index in [1.807, 2.05) is 81.1 Å². The van der Waals surface area contributed by atoms with Crippen molar-refractivity contribution in [2.24, 2.45) is 5.41 Å². The van der Waals surface area contributed by atoms with Crippen LogP contribution in [0.25, 0.3) is 0 Å². The van der Waals surface area contributed by atoms with Gasteiger partial charge in [0.2, 0.25) is 5.91 Å². The van der Waals surface area contributed by atoms with Crippen molar-refractivity contribution in [3.05, 3.63) is 54.1 Å². The fraction of sp³-hybridized carbons (Fsp3) is 0.458. The molecule has 2 aromatic carbocycles. The molecule has 0 atom stereocenters. The first-order valence-electron chi connectivity index (χ1n) is 10.6. The maximum absolute atomic E-state index is 12.9. The number of anilines is 1. The first-order chi connectivity index (χ1) is 14.9. The molecule has 2 aliphatic rings. The van der Waals surface area contributed by atoms with Gasteiger partial charge in [-0.3, -0.25) is 4.79 Å². The number of ether oxygens (including phenoxy) is 4. The van der Waals surface area contributed by atoms with E-state index >= 15 is 0 Å². The minimum absolute atomic E-state index is 0.106. The molecule has 2 heterocycles. The molecule has 0 spiro atoms. The van der Waals surface area contributed by atoms with E-state index in [2.05, 4.69) is 5.32 Å². The largest absolute Gasteiger partial charge is 0.491 e. The van der Waals surface area contributed by atoms with Crippen molar-refractivity contribution in [1.82, 2.24) is 0 Å². The lowest BCUT2D eigenvalue weighted by molar-refractivity contribution is -0.226. The van der Waals surface area contributed by atoms with Gasteiger partial charge in [0.1, 0.15) is 17.6 Å². The quantitative estimate of drug-likeness (QED) is 0.672. The average Bonchev–Trinajstić information content (AvgIpc) is 2.73. The highest BCUT2D eigenvalue weighted by Crippen LogP contribution is 2.34. The van der Waals surface area contributed by atoms with Gasteiger partial charge in [-0.1, -0.05) is 12.1 Å². The third-order valence-electron chi connectivity index (χ3n) is 5.20. The molecule has 0 saturated carbocycles. The number of carbonyl (C=O) groups excluding carboxylic acids is 1. The predicted octanol–water partition coefficient (Wildman–Crippen LogP) is 4.66. The Balaban J connectivity index is 1.29. The molecule has 2 saturated heterocycles. The SMILES string of the molecule is CC(C)Oc1ccc(NC(=O)C2(C)COC(c3ccc(OC4CSC4)cc3)OC2)cc1. The van der Waals surface area contributed by atoms with Gasteiger partial charge < -0.3 is 24.3 Å². The zero-order valence-electron chi connectivity index (χ0n) is 18.1. The lowest BCUT2D eigenvalue weighted by atomic mass is 9.90. The van der Waals surface area contributed by atoms with E-state index in [-0.39, 0.29) is 25.2 Å². The molecule has 7 heteroatoms. The Labute approximate surface area is 187 Å². The highest BCUT2D eigenvalue weighted by Gasteiger charge is 2.40. The third-order valence-corrected chi connectivity index (χ3v) is 6.42. The van der Waals surface area contributed by atoms with Crippen LogP contribution in [0, 0.1) is 5.41 Å². The number of nitrogens with one attached hydrogen (secondary N) is 1. The maximum atomic E-state index is 12.9. The fourth-order valence-electron chi connectivity index (χ4n) is 3.28. The monoisotopic (exact) mass is 443 g/mol. The first kappa shape index (κ1) is 22.0. The number of rotatable bonds is 7. The summed E-state index contributed by atoms with van der Waals surface area (Å²) in [6, 6.07) is 15.1. The molecule has 1 N–H and O–H groups in total. The van der Waals surface area contributed by atoms with Crippen molar-refractivity contribution in [3.8, 4) is 11.5 Å². The average molecular weight is 444 g/mol. The predicted molar refractivity (Wildman–Crippen MR) is 122 cm³/mol. The molecule has 0 radical (unpaired) electrons. The smallest absolute Gasteiger partial charge is 0.234 e. The molecule has 0 aromatic heterocycles. The molecule has 2 aromatic rings. The summed E-state index contributed by atoms with van der Waals surface area (Å²) in [4.78, 5) is 12.9. The van der Waals surface area contributed by atoms with Gasteiger partial charge in [-0.15, -0.1) is 0 Å². The van der Waals surface area contributed by atoms with E-state index in [0.29, 0.717) is 11.8 Å². The van der Waals surface area contributed by atoms with Gasteiger partial charge in [0.25, 0.3) is 0 Å². The molecule has 4 rings (SSSR count). The number of carbonyl (C=O) groups is 1. The third kappa shape index (κ3) is 5.53. The second kappa shape index (κ2) is 9.51. The fourth-order valence-corrected chi connectivity index (χ4v) is 3.85. The summed E-state index contributed by atoms with van der Waals surface area (Å²) in [6.45, 7) is 6.35. The summed E-state index contributed by atoms with van der Waals surface area (Å²) >= 11 is 1.89. The topological polar surface area (TPSA) is 66.0 Å². The van der Waals surface area contributed by atoms with E-state index in [0.717, 1.165) is 28.6 Å². The van der Waals surface area contributed by atoms with Gasteiger partial charge in [-0.25, -0.2) is 0 Å². The Morgan fingerprint density at radius 3 is 2.19 bits per heavy atom. The number of hydrogen-bond donors (Lipinski definition) is 1. The summed E-state index contributed by atoms with van der Waals surface area (Å²) in [5, 5.41) is 2.95. The summed E-state index contributed by atoms with van der Waals surface area (Å²) in [6.07, 6.45) is -0.0627. The minimum atomic E-state index is -0.769. The number of benzene rings is 2. The summed E-state index contributed by atoms with van der Waals surface area (Å²) in [7, 11) is 0. The van der Waals surface area contributed by atoms with E-state index < -0.39 is 11.7 Å². The molecular weight excluding hydrogens is 414 g/mol.